The molecular formula is C22H25F3N4O2. The molecule has 1 unspecified atom stereocenters. The Morgan fingerprint density at radius 2 is 2.06 bits per heavy atom. The number of benzene rings is 1. The summed E-state index contributed by atoms with van der Waals surface area (Å²) in [6.07, 6.45) is -3.48. The molecule has 1 aliphatic rings. The van der Waals surface area contributed by atoms with Gasteiger partial charge in [-0.2, -0.15) is 0 Å². The van der Waals surface area contributed by atoms with E-state index in [1.54, 1.807) is 15.3 Å². The van der Waals surface area contributed by atoms with Gasteiger partial charge in [-0.05, 0) is 30.5 Å². The smallest absolute Gasteiger partial charge is 0.299 e. The zero-order valence-corrected chi connectivity index (χ0v) is 17.5. The van der Waals surface area contributed by atoms with Crippen molar-refractivity contribution in [3.63, 3.8) is 0 Å². The van der Waals surface area contributed by atoms with E-state index in [9.17, 15) is 18.0 Å². The highest BCUT2D eigenvalue weighted by Crippen LogP contribution is 2.26. The Kier molecular flexibility index (Phi) is 5.65. The van der Waals surface area contributed by atoms with Crippen LogP contribution in [-0.2, 0) is 11.3 Å². The maximum absolute atomic E-state index is 13.3. The van der Waals surface area contributed by atoms with Crippen LogP contribution >= 0.6 is 0 Å². The highest BCUT2D eigenvalue weighted by Gasteiger charge is 2.36. The average Bonchev–Trinajstić information content (AvgIpc) is 3.23. The van der Waals surface area contributed by atoms with E-state index < -0.39 is 12.5 Å². The van der Waals surface area contributed by atoms with Crippen LogP contribution in [0.25, 0.3) is 27.6 Å². The van der Waals surface area contributed by atoms with Crippen LogP contribution < -0.4 is 5.69 Å². The maximum atomic E-state index is 13.3. The van der Waals surface area contributed by atoms with Crippen molar-refractivity contribution in [1.82, 2.24) is 19.0 Å². The van der Waals surface area contributed by atoms with Crippen LogP contribution in [0.4, 0.5) is 13.2 Å². The van der Waals surface area contributed by atoms with Gasteiger partial charge in [0.25, 0.3) is 0 Å². The summed E-state index contributed by atoms with van der Waals surface area (Å²) in [5, 5.41) is 0.921. The molecule has 1 aromatic carbocycles. The molecule has 0 radical (unpaired) electrons. The van der Waals surface area contributed by atoms with Gasteiger partial charge in [-0.25, -0.2) is 4.79 Å². The predicted molar refractivity (Wildman–Crippen MR) is 114 cm³/mol. The number of hydrogen-bond donors (Lipinski definition) is 0. The molecule has 6 nitrogen and oxygen atoms in total. The molecule has 0 saturated carbocycles. The third-order valence-electron chi connectivity index (χ3n) is 5.78. The Morgan fingerprint density at radius 1 is 1.29 bits per heavy atom. The van der Waals surface area contributed by atoms with E-state index in [1.807, 2.05) is 43.0 Å². The lowest BCUT2D eigenvalue weighted by Gasteiger charge is -2.17. The summed E-state index contributed by atoms with van der Waals surface area (Å²) >= 11 is 0. The lowest BCUT2D eigenvalue weighted by atomic mass is 10.1. The second-order valence-corrected chi connectivity index (χ2v) is 8.23. The van der Waals surface area contributed by atoms with Crippen molar-refractivity contribution in [3.8, 4) is 0 Å². The molecule has 0 amide bonds. The van der Waals surface area contributed by atoms with E-state index in [0.717, 1.165) is 21.9 Å². The average molecular weight is 434 g/mol. The largest absolute Gasteiger partial charge is 0.522 e. The first-order valence-electron chi connectivity index (χ1n) is 10.3. The molecule has 1 atom stereocenters. The molecule has 0 aliphatic carbocycles. The normalized spacial score (nSPS) is 17.9. The number of rotatable bonds is 6. The summed E-state index contributed by atoms with van der Waals surface area (Å²) in [6.45, 7) is 9.56. The van der Waals surface area contributed by atoms with Crippen LogP contribution in [0.5, 0.6) is 0 Å². The van der Waals surface area contributed by atoms with Crippen LogP contribution in [0.3, 0.4) is 0 Å². The lowest BCUT2D eigenvalue weighted by Crippen LogP contribution is -2.32. The SMILES string of the molecule is C=C(C(C)C)n1c(=O)n(CCN2CCC(OC(F)(F)F)C2)c2cc3ncccc3cc21. The Hall–Kier alpha value is -2.65. The molecule has 4 rings (SSSR count). The topological polar surface area (TPSA) is 52.3 Å². The van der Waals surface area contributed by atoms with Crippen molar-refractivity contribution < 1.29 is 17.9 Å². The number of aromatic nitrogens is 3. The molecule has 1 saturated heterocycles. The van der Waals surface area contributed by atoms with Crippen LogP contribution in [0.2, 0.25) is 0 Å². The summed E-state index contributed by atoms with van der Waals surface area (Å²) < 4.78 is 44.9. The fraction of sp³-hybridized carbons (Fsp3) is 0.455. The zero-order chi connectivity index (χ0) is 22.3. The van der Waals surface area contributed by atoms with Crippen molar-refractivity contribution in [2.45, 2.75) is 39.3 Å². The number of alkyl halides is 3. The number of allylic oxidation sites excluding steroid dienone is 1. The van der Waals surface area contributed by atoms with E-state index in [4.69, 9.17) is 0 Å². The molecule has 9 heteroatoms. The summed E-state index contributed by atoms with van der Waals surface area (Å²) in [4.78, 5) is 19.6. The molecule has 0 spiro atoms. The molecule has 31 heavy (non-hydrogen) atoms. The first kappa shape index (κ1) is 21.6. The van der Waals surface area contributed by atoms with E-state index in [1.165, 1.54) is 0 Å². The first-order chi connectivity index (χ1) is 14.6. The number of hydrogen-bond acceptors (Lipinski definition) is 4. The number of halogens is 3. The minimum absolute atomic E-state index is 0.0696. The van der Waals surface area contributed by atoms with Crippen molar-refractivity contribution >= 4 is 27.6 Å². The van der Waals surface area contributed by atoms with Gasteiger partial charge in [-0.1, -0.05) is 26.5 Å². The number of pyridine rings is 1. The summed E-state index contributed by atoms with van der Waals surface area (Å²) in [5.74, 6) is 0.0696. The molecule has 0 N–H and O–H groups in total. The Balaban J connectivity index is 1.66. The van der Waals surface area contributed by atoms with Gasteiger partial charge in [0.1, 0.15) is 0 Å². The fourth-order valence-corrected chi connectivity index (χ4v) is 4.10. The van der Waals surface area contributed by atoms with Gasteiger partial charge in [-0.3, -0.25) is 23.8 Å². The van der Waals surface area contributed by atoms with Crippen molar-refractivity contribution in [2.24, 2.45) is 5.92 Å². The highest BCUT2D eigenvalue weighted by atomic mass is 19.4. The van der Waals surface area contributed by atoms with E-state index in [-0.39, 0.29) is 18.2 Å². The number of ether oxygens (including phenoxy) is 1. The van der Waals surface area contributed by atoms with Crippen molar-refractivity contribution in [1.29, 1.82) is 0 Å². The monoisotopic (exact) mass is 434 g/mol. The van der Waals surface area contributed by atoms with Crippen molar-refractivity contribution in [3.05, 3.63) is 47.5 Å². The Bertz CT molecular complexity index is 1180. The highest BCUT2D eigenvalue weighted by molar-refractivity contribution is 5.94. The second kappa shape index (κ2) is 8.12. The number of likely N-dealkylation sites (tertiary alicyclic amines) is 1. The number of imidazole rings is 1. The van der Waals surface area contributed by atoms with Gasteiger partial charge >= 0.3 is 12.1 Å². The summed E-state index contributed by atoms with van der Waals surface area (Å²) in [5.41, 5.74) is 2.75. The molecule has 0 bridgehead atoms. The number of nitrogens with zero attached hydrogens (tertiary/aromatic N) is 4. The first-order valence-corrected chi connectivity index (χ1v) is 10.3. The molecule has 2 aromatic heterocycles. The van der Waals surface area contributed by atoms with Crippen LogP contribution in [0.1, 0.15) is 20.3 Å². The minimum Gasteiger partial charge on any atom is -0.299 e. The third-order valence-corrected chi connectivity index (χ3v) is 5.78. The molecule has 3 aromatic rings. The fourth-order valence-electron chi connectivity index (χ4n) is 4.10. The quantitative estimate of drug-likeness (QED) is 0.587. The van der Waals surface area contributed by atoms with Gasteiger partial charge in [0.2, 0.25) is 0 Å². The van der Waals surface area contributed by atoms with Gasteiger partial charge in [-0.15, -0.1) is 13.2 Å². The van der Waals surface area contributed by atoms with Crippen LogP contribution in [0.15, 0.2) is 41.8 Å². The Morgan fingerprint density at radius 3 is 2.77 bits per heavy atom. The van der Waals surface area contributed by atoms with Crippen LogP contribution in [-0.4, -0.2) is 51.1 Å². The molecule has 3 heterocycles. The van der Waals surface area contributed by atoms with Crippen LogP contribution in [0, 0.1) is 5.92 Å². The van der Waals surface area contributed by atoms with E-state index in [2.05, 4.69) is 16.3 Å². The molecule has 1 fully saturated rings. The molecule has 166 valence electrons. The van der Waals surface area contributed by atoms with Crippen molar-refractivity contribution in [2.75, 3.05) is 19.6 Å². The second-order valence-electron chi connectivity index (χ2n) is 8.23. The van der Waals surface area contributed by atoms with E-state index >= 15 is 0 Å². The Labute approximate surface area is 177 Å². The lowest BCUT2D eigenvalue weighted by molar-refractivity contribution is -0.340. The minimum atomic E-state index is -4.63. The zero-order valence-electron chi connectivity index (χ0n) is 17.5. The molecular weight excluding hydrogens is 409 g/mol. The maximum Gasteiger partial charge on any atom is 0.522 e. The third kappa shape index (κ3) is 4.38. The van der Waals surface area contributed by atoms with Gasteiger partial charge in [0, 0.05) is 43.5 Å². The van der Waals surface area contributed by atoms with E-state index in [0.29, 0.717) is 31.8 Å². The van der Waals surface area contributed by atoms with Gasteiger partial charge < -0.3 is 0 Å². The summed E-state index contributed by atoms with van der Waals surface area (Å²) in [6, 6.07) is 7.61. The van der Waals surface area contributed by atoms with Gasteiger partial charge in [0.15, 0.2) is 0 Å². The molecule has 1 aliphatic heterocycles. The predicted octanol–water partition coefficient (Wildman–Crippen LogP) is 4.09. The number of fused-ring (bicyclic) bond motifs is 2. The summed E-state index contributed by atoms with van der Waals surface area (Å²) in [7, 11) is 0. The standard InChI is InChI=1S/C22H25F3N4O2/c1-14(2)15(3)29-20-11-16-5-4-7-26-18(16)12-19(20)28(21(29)30)10-9-27-8-6-17(13-27)31-22(23,24)25/h4-5,7,11-12,14,17H,3,6,8-10,13H2,1-2H3. The van der Waals surface area contributed by atoms with Gasteiger partial charge in [0.05, 0.1) is 22.7 Å².